The number of benzene rings is 1. The minimum absolute atomic E-state index is 0.112. The maximum atomic E-state index is 13.0. The average Bonchev–Trinajstić information content (AvgIpc) is 2.36. The van der Waals surface area contributed by atoms with Crippen LogP contribution < -0.4 is 10.1 Å². The average molecular weight is 365 g/mol. The molecule has 0 fully saturated rings. The molecule has 8 heteroatoms. The van der Waals surface area contributed by atoms with Crippen LogP contribution in [0.1, 0.15) is 5.56 Å². The number of ether oxygens (including phenoxy) is 1. The Labute approximate surface area is 126 Å². The van der Waals surface area contributed by atoms with Gasteiger partial charge in [-0.1, -0.05) is 15.9 Å². The van der Waals surface area contributed by atoms with Crippen LogP contribution in [-0.2, 0) is 6.54 Å². The Morgan fingerprint density at radius 1 is 1.19 bits per heavy atom. The zero-order valence-corrected chi connectivity index (χ0v) is 12.0. The number of alkyl halides is 3. The number of hydrogen-bond donors (Lipinski definition) is 1. The Kier molecular flexibility index (Phi) is 4.66. The van der Waals surface area contributed by atoms with E-state index in [1.807, 2.05) is 0 Å². The van der Waals surface area contributed by atoms with E-state index in [4.69, 9.17) is 0 Å². The number of anilines is 1. The fourth-order valence-electron chi connectivity index (χ4n) is 1.60. The lowest BCUT2D eigenvalue weighted by molar-refractivity contribution is -0.274. The molecule has 0 spiro atoms. The van der Waals surface area contributed by atoms with Crippen molar-refractivity contribution in [2.24, 2.45) is 0 Å². The number of aromatic nitrogens is 1. The minimum Gasteiger partial charge on any atom is -0.404 e. The molecule has 0 saturated carbocycles. The summed E-state index contributed by atoms with van der Waals surface area (Å²) >= 11 is 3.07. The quantitative estimate of drug-likeness (QED) is 0.811. The van der Waals surface area contributed by atoms with Crippen LogP contribution in [0.15, 0.2) is 41.1 Å². The predicted octanol–water partition coefficient (Wildman–Crippen LogP) is 4.49. The molecule has 112 valence electrons. The summed E-state index contributed by atoms with van der Waals surface area (Å²) in [7, 11) is 0. The van der Waals surface area contributed by atoms with Crippen molar-refractivity contribution >= 4 is 21.6 Å². The van der Waals surface area contributed by atoms with E-state index in [2.05, 4.69) is 31.0 Å². The third kappa shape index (κ3) is 4.89. The Morgan fingerprint density at radius 2 is 1.95 bits per heavy atom. The number of nitrogens with one attached hydrogen (secondary N) is 1. The highest BCUT2D eigenvalue weighted by Crippen LogP contribution is 2.33. The molecule has 2 rings (SSSR count). The molecule has 0 saturated heterocycles. The van der Waals surface area contributed by atoms with Gasteiger partial charge in [-0.15, -0.1) is 13.2 Å². The number of halogens is 5. The maximum absolute atomic E-state index is 13.0. The fourth-order valence-corrected chi connectivity index (χ4v) is 1.94. The molecule has 0 radical (unpaired) electrons. The van der Waals surface area contributed by atoms with Crippen LogP contribution >= 0.6 is 15.9 Å². The summed E-state index contributed by atoms with van der Waals surface area (Å²) in [6.07, 6.45) is -2.34. The molecule has 0 aliphatic heterocycles. The van der Waals surface area contributed by atoms with E-state index in [0.717, 1.165) is 6.20 Å². The molecule has 0 unspecified atom stereocenters. The topological polar surface area (TPSA) is 34.2 Å². The molecule has 1 aromatic carbocycles. The minimum atomic E-state index is -4.79. The van der Waals surface area contributed by atoms with Crippen LogP contribution in [0, 0.1) is 5.82 Å². The highest BCUT2D eigenvalue weighted by Gasteiger charge is 2.32. The van der Waals surface area contributed by atoms with Gasteiger partial charge in [-0.2, -0.15) is 0 Å². The molecule has 1 heterocycles. The van der Waals surface area contributed by atoms with Gasteiger partial charge in [0.25, 0.3) is 0 Å². The third-order valence-electron chi connectivity index (χ3n) is 2.41. The summed E-state index contributed by atoms with van der Waals surface area (Å²) in [6.45, 7) is 0.112. The second kappa shape index (κ2) is 6.30. The third-order valence-corrected chi connectivity index (χ3v) is 2.91. The highest BCUT2D eigenvalue weighted by atomic mass is 79.9. The summed E-state index contributed by atoms with van der Waals surface area (Å²) in [6, 6.07) is 5.43. The lowest BCUT2D eigenvalue weighted by Crippen LogP contribution is -2.18. The molecule has 1 aromatic heterocycles. The number of nitrogens with zero attached hydrogens (tertiary/aromatic N) is 1. The van der Waals surface area contributed by atoms with Crippen LogP contribution in [0.5, 0.6) is 5.75 Å². The molecule has 0 amide bonds. The zero-order valence-electron chi connectivity index (χ0n) is 10.4. The van der Waals surface area contributed by atoms with E-state index in [1.165, 1.54) is 24.4 Å². The fraction of sp³-hybridized carbons (Fsp3) is 0.154. The monoisotopic (exact) mass is 364 g/mol. The SMILES string of the molecule is Fc1cncc(CNc2ccc(Br)cc2OC(F)(F)F)c1. The van der Waals surface area contributed by atoms with E-state index in [0.29, 0.717) is 10.0 Å². The second-order valence-electron chi connectivity index (χ2n) is 4.05. The molecule has 0 atom stereocenters. The predicted molar refractivity (Wildman–Crippen MR) is 72.3 cm³/mol. The van der Waals surface area contributed by atoms with Crippen molar-refractivity contribution < 1.29 is 22.3 Å². The molecule has 21 heavy (non-hydrogen) atoms. The summed E-state index contributed by atoms with van der Waals surface area (Å²) in [4.78, 5) is 3.66. The molecule has 3 nitrogen and oxygen atoms in total. The van der Waals surface area contributed by atoms with Crippen molar-refractivity contribution in [1.29, 1.82) is 0 Å². The van der Waals surface area contributed by atoms with E-state index in [1.54, 1.807) is 6.07 Å². The van der Waals surface area contributed by atoms with Gasteiger partial charge >= 0.3 is 6.36 Å². The molecule has 0 aliphatic rings. The van der Waals surface area contributed by atoms with Crippen molar-refractivity contribution in [1.82, 2.24) is 4.98 Å². The Bertz CT molecular complexity index is 634. The number of hydrogen-bond acceptors (Lipinski definition) is 3. The van der Waals surface area contributed by atoms with E-state index >= 15 is 0 Å². The van der Waals surface area contributed by atoms with Gasteiger partial charge < -0.3 is 10.1 Å². The second-order valence-corrected chi connectivity index (χ2v) is 4.97. The molecule has 2 aromatic rings. The Hall–Kier alpha value is -1.83. The van der Waals surface area contributed by atoms with Gasteiger partial charge in [0.05, 0.1) is 11.9 Å². The summed E-state index contributed by atoms with van der Waals surface area (Å²) < 4.78 is 54.4. The van der Waals surface area contributed by atoms with Gasteiger partial charge in [-0.3, -0.25) is 4.98 Å². The first kappa shape index (κ1) is 15.6. The Morgan fingerprint density at radius 3 is 2.62 bits per heavy atom. The van der Waals surface area contributed by atoms with E-state index in [-0.39, 0.29) is 18.0 Å². The molecule has 1 N–H and O–H groups in total. The van der Waals surface area contributed by atoms with Crippen molar-refractivity contribution in [2.75, 3.05) is 5.32 Å². The number of rotatable bonds is 4. The van der Waals surface area contributed by atoms with Gasteiger partial charge in [-0.05, 0) is 29.8 Å². The van der Waals surface area contributed by atoms with Gasteiger partial charge in [-0.25, -0.2) is 4.39 Å². The van der Waals surface area contributed by atoms with Crippen LogP contribution in [0.2, 0.25) is 0 Å². The molecule has 0 bridgehead atoms. The lowest BCUT2D eigenvalue weighted by Gasteiger charge is -2.15. The largest absolute Gasteiger partial charge is 0.573 e. The zero-order chi connectivity index (χ0) is 15.5. The van der Waals surface area contributed by atoms with Gasteiger partial charge in [0.15, 0.2) is 5.75 Å². The lowest BCUT2D eigenvalue weighted by atomic mass is 10.2. The van der Waals surface area contributed by atoms with Crippen LogP contribution in [-0.4, -0.2) is 11.3 Å². The van der Waals surface area contributed by atoms with Crippen molar-refractivity contribution in [3.8, 4) is 5.75 Å². The summed E-state index contributed by atoms with van der Waals surface area (Å²) in [5.41, 5.74) is 0.635. The molecular formula is C13H9BrF4N2O. The first-order valence-electron chi connectivity index (χ1n) is 5.72. The van der Waals surface area contributed by atoms with Gasteiger partial charge in [0, 0.05) is 17.2 Å². The van der Waals surface area contributed by atoms with E-state index < -0.39 is 12.2 Å². The molecular weight excluding hydrogens is 356 g/mol. The molecule has 0 aliphatic carbocycles. The smallest absolute Gasteiger partial charge is 0.404 e. The first-order valence-corrected chi connectivity index (χ1v) is 6.51. The van der Waals surface area contributed by atoms with Crippen molar-refractivity contribution in [3.63, 3.8) is 0 Å². The Balaban J connectivity index is 2.15. The van der Waals surface area contributed by atoms with Crippen molar-refractivity contribution in [3.05, 3.63) is 52.5 Å². The standard InChI is InChI=1S/C13H9BrF4N2O/c14-9-1-2-11(12(4-9)21-13(16,17)18)20-6-8-3-10(15)7-19-5-8/h1-5,7,20H,6H2. The van der Waals surface area contributed by atoms with Crippen LogP contribution in [0.4, 0.5) is 23.2 Å². The number of pyridine rings is 1. The van der Waals surface area contributed by atoms with Crippen molar-refractivity contribution in [2.45, 2.75) is 12.9 Å². The normalized spacial score (nSPS) is 11.3. The highest BCUT2D eigenvalue weighted by molar-refractivity contribution is 9.10. The maximum Gasteiger partial charge on any atom is 0.573 e. The van der Waals surface area contributed by atoms with Crippen LogP contribution in [0.25, 0.3) is 0 Å². The van der Waals surface area contributed by atoms with Gasteiger partial charge in [0.1, 0.15) is 5.82 Å². The summed E-state index contributed by atoms with van der Waals surface area (Å²) in [5.74, 6) is -0.891. The first-order chi connectivity index (χ1) is 9.83. The van der Waals surface area contributed by atoms with Gasteiger partial charge in [0.2, 0.25) is 0 Å². The summed E-state index contributed by atoms with van der Waals surface area (Å²) in [5, 5.41) is 2.75. The van der Waals surface area contributed by atoms with E-state index in [9.17, 15) is 17.6 Å². The van der Waals surface area contributed by atoms with Crippen LogP contribution in [0.3, 0.4) is 0 Å².